The number of halogens is 1. The van der Waals surface area contributed by atoms with E-state index in [1.165, 1.54) is 0 Å². The smallest absolute Gasteiger partial charge is 0.138 e. The lowest BCUT2D eigenvalue weighted by Crippen LogP contribution is -2.32. The van der Waals surface area contributed by atoms with Crippen LogP contribution < -0.4 is 5.73 Å². The molecule has 0 unspecified atom stereocenters. The molecule has 0 aliphatic carbocycles. The number of Topliss-reactive ketones (excluding diaryl/α,β-unsaturated/α-hetero) is 1. The monoisotopic (exact) mass is 266 g/mol. The summed E-state index contributed by atoms with van der Waals surface area (Å²) in [4.78, 5) is 14.1. The van der Waals surface area contributed by atoms with E-state index < -0.39 is 0 Å². The lowest BCUT2D eigenvalue weighted by Gasteiger charge is -2.22. The molecule has 0 aromatic heterocycles. The number of rotatable bonds is 4. The summed E-state index contributed by atoms with van der Waals surface area (Å²) in [6.07, 6.45) is 1.02. The predicted octanol–water partition coefficient (Wildman–Crippen LogP) is 2.05. The molecule has 1 fully saturated rings. The van der Waals surface area contributed by atoms with Gasteiger partial charge >= 0.3 is 0 Å². The fourth-order valence-corrected chi connectivity index (χ4v) is 2.58. The van der Waals surface area contributed by atoms with Crippen LogP contribution in [0.15, 0.2) is 24.3 Å². The molecule has 0 spiro atoms. The summed E-state index contributed by atoms with van der Waals surface area (Å²) in [6.45, 7) is 4.27. The van der Waals surface area contributed by atoms with Gasteiger partial charge in [0.25, 0.3) is 0 Å². The van der Waals surface area contributed by atoms with E-state index in [1.807, 2.05) is 24.3 Å². The molecule has 3 nitrogen and oxygen atoms in total. The second kappa shape index (κ2) is 5.83. The van der Waals surface area contributed by atoms with Crippen molar-refractivity contribution in [3.8, 4) is 0 Å². The van der Waals surface area contributed by atoms with E-state index in [0.29, 0.717) is 5.02 Å². The van der Waals surface area contributed by atoms with Crippen molar-refractivity contribution in [2.24, 2.45) is 5.73 Å². The first kappa shape index (κ1) is 13.5. The zero-order valence-corrected chi connectivity index (χ0v) is 11.4. The summed E-state index contributed by atoms with van der Waals surface area (Å²) >= 11 is 5.87. The highest BCUT2D eigenvalue weighted by Gasteiger charge is 2.25. The first-order chi connectivity index (χ1) is 8.56. The number of hydrogen-bond donors (Lipinski definition) is 1. The Balaban J connectivity index is 2.08. The van der Waals surface area contributed by atoms with Crippen LogP contribution in [0.5, 0.6) is 0 Å². The van der Waals surface area contributed by atoms with Gasteiger partial charge in [-0.05, 0) is 37.6 Å². The van der Waals surface area contributed by atoms with Crippen LogP contribution in [0.4, 0.5) is 0 Å². The van der Waals surface area contributed by atoms with Crippen LogP contribution in [0.25, 0.3) is 0 Å². The van der Waals surface area contributed by atoms with Crippen LogP contribution in [-0.4, -0.2) is 36.4 Å². The summed E-state index contributed by atoms with van der Waals surface area (Å²) < 4.78 is 0. The molecule has 4 heteroatoms. The lowest BCUT2D eigenvalue weighted by molar-refractivity contribution is -0.118. The van der Waals surface area contributed by atoms with Gasteiger partial charge in [-0.2, -0.15) is 0 Å². The maximum atomic E-state index is 11.8. The Morgan fingerprint density at radius 1 is 1.50 bits per heavy atom. The standard InChI is InChI=1S/C14H19ClN2O/c1-10(18)14(9-17-7-6-13(16)8-17)11-2-4-12(15)5-3-11/h2-5,13-14H,6-9,16H2,1H3/t13-,14+/m1/s1. The molecule has 1 aliphatic rings. The van der Waals surface area contributed by atoms with E-state index in [9.17, 15) is 4.79 Å². The summed E-state index contributed by atoms with van der Waals surface area (Å²) in [7, 11) is 0. The van der Waals surface area contributed by atoms with Crippen LogP contribution >= 0.6 is 11.6 Å². The van der Waals surface area contributed by atoms with E-state index in [0.717, 1.165) is 31.6 Å². The number of ketones is 1. The van der Waals surface area contributed by atoms with Gasteiger partial charge in [0, 0.05) is 24.2 Å². The predicted molar refractivity (Wildman–Crippen MR) is 73.9 cm³/mol. The van der Waals surface area contributed by atoms with Crippen molar-refractivity contribution in [3.05, 3.63) is 34.9 Å². The van der Waals surface area contributed by atoms with Gasteiger partial charge in [-0.25, -0.2) is 0 Å². The van der Waals surface area contributed by atoms with Gasteiger partial charge in [0.1, 0.15) is 5.78 Å². The fraction of sp³-hybridized carbons (Fsp3) is 0.500. The second-order valence-electron chi connectivity index (χ2n) is 5.02. The number of hydrogen-bond acceptors (Lipinski definition) is 3. The van der Waals surface area contributed by atoms with Crippen molar-refractivity contribution >= 4 is 17.4 Å². The van der Waals surface area contributed by atoms with Crippen molar-refractivity contribution in [1.82, 2.24) is 4.90 Å². The van der Waals surface area contributed by atoms with E-state index in [1.54, 1.807) is 6.92 Å². The molecule has 1 heterocycles. The molecular formula is C14H19ClN2O. The maximum Gasteiger partial charge on any atom is 0.138 e. The minimum atomic E-state index is -0.0763. The number of carbonyl (C=O) groups is 1. The third kappa shape index (κ3) is 3.31. The number of nitrogens with two attached hydrogens (primary N) is 1. The van der Waals surface area contributed by atoms with Gasteiger partial charge in [0.2, 0.25) is 0 Å². The molecule has 0 bridgehead atoms. The SMILES string of the molecule is CC(=O)[C@H](CN1CC[C@@H](N)C1)c1ccc(Cl)cc1. The van der Waals surface area contributed by atoms with E-state index in [2.05, 4.69) is 4.90 Å². The first-order valence-electron chi connectivity index (χ1n) is 6.30. The topological polar surface area (TPSA) is 46.3 Å². The summed E-state index contributed by atoms with van der Waals surface area (Å²) in [5, 5.41) is 0.698. The fourth-order valence-electron chi connectivity index (χ4n) is 2.45. The van der Waals surface area contributed by atoms with Crippen LogP contribution in [0.3, 0.4) is 0 Å². The molecule has 18 heavy (non-hydrogen) atoms. The van der Waals surface area contributed by atoms with Crippen molar-refractivity contribution in [3.63, 3.8) is 0 Å². The van der Waals surface area contributed by atoms with Gasteiger partial charge in [0.05, 0.1) is 5.92 Å². The van der Waals surface area contributed by atoms with Crippen LogP contribution in [0.2, 0.25) is 5.02 Å². The largest absolute Gasteiger partial charge is 0.326 e. The Morgan fingerprint density at radius 3 is 2.67 bits per heavy atom. The minimum Gasteiger partial charge on any atom is -0.326 e. The zero-order valence-electron chi connectivity index (χ0n) is 10.6. The van der Waals surface area contributed by atoms with Gasteiger partial charge in [-0.15, -0.1) is 0 Å². The Kier molecular flexibility index (Phi) is 4.38. The Morgan fingerprint density at radius 2 is 2.17 bits per heavy atom. The highest BCUT2D eigenvalue weighted by molar-refractivity contribution is 6.30. The summed E-state index contributed by atoms with van der Waals surface area (Å²) in [5.41, 5.74) is 6.93. The average Bonchev–Trinajstić information content (AvgIpc) is 2.73. The third-order valence-corrected chi connectivity index (χ3v) is 3.76. The number of benzene rings is 1. The minimum absolute atomic E-state index is 0.0763. The number of carbonyl (C=O) groups excluding carboxylic acids is 1. The molecule has 0 radical (unpaired) electrons. The molecule has 2 N–H and O–H groups in total. The first-order valence-corrected chi connectivity index (χ1v) is 6.68. The van der Waals surface area contributed by atoms with Crippen LogP contribution in [-0.2, 0) is 4.79 Å². The molecule has 1 aliphatic heterocycles. The van der Waals surface area contributed by atoms with Gasteiger partial charge in [0.15, 0.2) is 0 Å². The highest BCUT2D eigenvalue weighted by atomic mass is 35.5. The van der Waals surface area contributed by atoms with E-state index >= 15 is 0 Å². The van der Waals surface area contributed by atoms with Gasteiger partial charge in [-0.3, -0.25) is 4.79 Å². The Labute approximate surface area is 113 Å². The summed E-state index contributed by atoms with van der Waals surface area (Å²) in [6, 6.07) is 7.79. The Hall–Kier alpha value is -0.900. The molecule has 98 valence electrons. The van der Waals surface area contributed by atoms with E-state index in [4.69, 9.17) is 17.3 Å². The van der Waals surface area contributed by atoms with Crippen LogP contribution in [0, 0.1) is 0 Å². The zero-order chi connectivity index (χ0) is 13.1. The molecule has 0 amide bonds. The molecule has 1 aromatic rings. The normalized spacial score (nSPS) is 22.1. The van der Waals surface area contributed by atoms with Crippen molar-refractivity contribution in [1.29, 1.82) is 0 Å². The van der Waals surface area contributed by atoms with Gasteiger partial charge < -0.3 is 10.6 Å². The quantitative estimate of drug-likeness (QED) is 0.907. The molecule has 2 atom stereocenters. The number of nitrogens with zero attached hydrogens (tertiary/aromatic N) is 1. The van der Waals surface area contributed by atoms with Crippen molar-refractivity contribution in [2.75, 3.05) is 19.6 Å². The molecule has 1 aromatic carbocycles. The average molecular weight is 267 g/mol. The second-order valence-corrected chi connectivity index (χ2v) is 5.46. The molecule has 0 saturated carbocycles. The van der Waals surface area contributed by atoms with E-state index in [-0.39, 0.29) is 17.7 Å². The molecular weight excluding hydrogens is 248 g/mol. The maximum absolute atomic E-state index is 11.8. The van der Waals surface area contributed by atoms with Crippen molar-refractivity contribution < 1.29 is 4.79 Å². The highest BCUT2D eigenvalue weighted by Crippen LogP contribution is 2.22. The lowest BCUT2D eigenvalue weighted by atomic mass is 9.95. The molecule has 2 rings (SSSR count). The Bertz CT molecular complexity index is 418. The molecule has 1 saturated heterocycles. The van der Waals surface area contributed by atoms with Crippen molar-refractivity contribution in [2.45, 2.75) is 25.3 Å². The summed E-state index contributed by atoms with van der Waals surface area (Å²) in [5.74, 6) is 0.116. The number of likely N-dealkylation sites (tertiary alicyclic amines) is 1. The van der Waals surface area contributed by atoms with Gasteiger partial charge in [-0.1, -0.05) is 23.7 Å². The van der Waals surface area contributed by atoms with Crippen LogP contribution in [0.1, 0.15) is 24.8 Å². The third-order valence-electron chi connectivity index (χ3n) is 3.51.